The van der Waals surface area contributed by atoms with E-state index in [1.807, 2.05) is 24.3 Å². The van der Waals surface area contributed by atoms with E-state index in [1.165, 1.54) is 11.3 Å². The first-order chi connectivity index (χ1) is 9.70. The van der Waals surface area contributed by atoms with Crippen molar-refractivity contribution in [1.82, 2.24) is 9.88 Å². The molecule has 0 aliphatic heterocycles. The van der Waals surface area contributed by atoms with Gasteiger partial charge >= 0.3 is 0 Å². The lowest BCUT2D eigenvalue weighted by atomic mass is 10.3. The Morgan fingerprint density at radius 3 is 2.60 bits per heavy atom. The summed E-state index contributed by atoms with van der Waals surface area (Å²) in [5.41, 5.74) is 2.12. The fourth-order valence-corrected chi connectivity index (χ4v) is 2.11. The lowest BCUT2D eigenvalue weighted by Crippen LogP contribution is -2.31. The van der Waals surface area contributed by atoms with Gasteiger partial charge in [0.1, 0.15) is 23.8 Å². The van der Waals surface area contributed by atoms with Crippen LogP contribution in [0.3, 0.4) is 0 Å². The highest BCUT2D eigenvalue weighted by Crippen LogP contribution is 2.16. The number of ether oxygens (including phenoxy) is 2. The van der Waals surface area contributed by atoms with Crippen molar-refractivity contribution in [3.05, 3.63) is 40.8 Å². The van der Waals surface area contributed by atoms with Crippen molar-refractivity contribution < 1.29 is 14.3 Å². The molecule has 6 heteroatoms. The van der Waals surface area contributed by atoms with E-state index in [4.69, 9.17) is 9.47 Å². The maximum atomic E-state index is 11.9. The number of likely N-dealkylation sites (N-methyl/N-ethyl adjacent to an activating group) is 1. The third kappa shape index (κ3) is 3.71. The van der Waals surface area contributed by atoms with E-state index < -0.39 is 0 Å². The number of hydrogen-bond acceptors (Lipinski definition) is 5. The average molecular weight is 292 g/mol. The van der Waals surface area contributed by atoms with Crippen LogP contribution in [0.2, 0.25) is 0 Å². The van der Waals surface area contributed by atoms with Gasteiger partial charge in [0.05, 0.1) is 19.2 Å². The van der Waals surface area contributed by atoms with Crippen LogP contribution < -0.4 is 9.47 Å². The predicted molar refractivity (Wildman–Crippen MR) is 77.6 cm³/mol. The maximum Gasteiger partial charge on any atom is 0.273 e. The molecule has 1 heterocycles. The molecule has 0 unspecified atom stereocenters. The van der Waals surface area contributed by atoms with Gasteiger partial charge in [-0.25, -0.2) is 4.98 Å². The van der Waals surface area contributed by atoms with Crippen LogP contribution in [0.1, 0.15) is 10.5 Å². The summed E-state index contributed by atoms with van der Waals surface area (Å²) >= 11 is 1.41. The molecule has 0 atom stereocenters. The van der Waals surface area contributed by atoms with E-state index in [2.05, 4.69) is 4.98 Å². The standard InChI is InChI=1S/C14H16N2O3S/c1-16(14(17)13-9-20-10-15-13)7-8-19-12-5-3-11(18-2)4-6-12/h3-6,9-10H,7-8H2,1-2H3. The number of carbonyl (C=O) groups is 1. The van der Waals surface area contributed by atoms with Gasteiger partial charge < -0.3 is 14.4 Å². The summed E-state index contributed by atoms with van der Waals surface area (Å²) in [5.74, 6) is 1.44. The molecule has 2 aromatic rings. The zero-order valence-electron chi connectivity index (χ0n) is 11.4. The van der Waals surface area contributed by atoms with Crippen molar-refractivity contribution in [2.75, 3.05) is 27.3 Å². The predicted octanol–water partition coefficient (Wildman–Crippen LogP) is 2.30. The molecule has 0 saturated carbocycles. The Kier molecular flexibility index (Phi) is 4.95. The van der Waals surface area contributed by atoms with Gasteiger partial charge in [-0.1, -0.05) is 0 Å². The SMILES string of the molecule is COc1ccc(OCCN(C)C(=O)c2cscn2)cc1. The van der Waals surface area contributed by atoms with Gasteiger partial charge in [-0.05, 0) is 24.3 Å². The molecule has 0 radical (unpaired) electrons. The number of carbonyl (C=O) groups excluding carboxylic acids is 1. The summed E-state index contributed by atoms with van der Waals surface area (Å²) in [4.78, 5) is 17.5. The van der Waals surface area contributed by atoms with Crippen molar-refractivity contribution in [1.29, 1.82) is 0 Å². The van der Waals surface area contributed by atoms with Crippen molar-refractivity contribution in [2.24, 2.45) is 0 Å². The van der Waals surface area contributed by atoms with Crippen molar-refractivity contribution >= 4 is 17.2 Å². The molecular formula is C14H16N2O3S. The highest BCUT2D eigenvalue weighted by atomic mass is 32.1. The Bertz CT molecular complexity index is 540. The minimum Gasteiger partial charge on any atom is -0.497 e. The number of methoxy groups -OCH3 is 1. The number of amides is 1. The topological polar surface area (TPSA) is 51.7 Å². The molecule has 0 spiro atoms. The van der Waals surface area contributed by atoms with Gasteiger partial charge in [0.2, 0.25) is 0 Å². The van der Waals surface area contributed by atoms with Crippen LogP contribution in [-0.4, -0.2) is 43.1 Å². The van der Waals surface area contributed by atoms with Gasteiger partial charge in [0.25, 0.3) is 5.91 Å². The van der Waals surface area contributed by atoms with Crippen LogP contribution in [-0.2, 0) is 0 Å². The molecule has 1 amide bonds. The Labute approximate surface area is 121 Å². The average Bonchev–Trinajstić information content (AvgIpc) is 3.01. The molecule has 0 bridgehead atoms. The van der Waals surface area contributed by atoms with Gasteiger partial charge in [-0.15, -0.1) is 11.3 Å². The number of hydrogen-bond donors (Lipinski definition) is 0. The Balaban J connectivity index is 1.78. The van der Waals surface area contributed by atoms with Crippen LogP contribution in [0.15, 0.2) is 35.2 Å². The fourth-order valence-electron chi connectivity index (χ4n) is 1.59. The van der Waals surface area contributed by atoms with E-state index in [-0.39, 0.29) is 5.91 Å². The zero-order valence-corrected chi connectivity index (χ0v) is 12.2. The lowest BCUT2D eigenvalue weighted by molar-refractivity contribution is 0.0769. The van der Waals surface area contributed by atoms with Crippen LogP contribution in [0.25, 0.3) is 0 Å². The smallest absolute Gasteiger partial charge is 0.273 e. The van der Waals surface area contributed by atoms with Crippen LogP contribution in [0, 0.1) is 0 Å². The second-order valence-electron chi connectivity index (χ2n) is 4.12. The van der Waals surface area contributed by atoms with Crippen LogP contribution in [0.5, 0.6) is 11.5 Å². The number of rotatable bonds is 6. The highest BCUT2D eigenvalue weighted by Gasteiger charge is 2.13. The van der Waals surface area contributed by atoms with E-state index in [1.54, 1.807) is 29.9 Å². The molecule has 20 heavy (non-hydrogen) atoms. The van der Waals surface area contributed by atoms with Gasteiger partial charge in [-0.3, -0.25) is 4.79 Å². The third-order valence-corrected chi connectivity index (χ3v) is 3.34. The summed E-state index contributed by atoms with van der Waals surface area (Å²) in [5, 5.41) is 1.74. The van der Waals surface area contributed by atoms with E-state index in [9.17, 15) is 4.79 Å². The molecule has 5 nitrogen and oxygen atoms in total. The maximum absolute atomic E-state index is 11.9. The Morgan fingerprint density at radius 1 is 1.30 bits per heavy atom. The monoisotopic (exact) mass is 292 g/mol. The second kappa shape index (κ2) is 6.91. The Hall–Kier alpha value is -2.08. The summed E-state index contributed by atoms with van der Waals surface area (Å²) in [6.07, 6.45) is 0. The lowest BCUT2D eigenvalue weighted by Gasteiger charge is -2.16. The van der Waals surface area contributed by atoms with Crippen molar-refractivity contribution in [2.45, 2.75) is 0 Å². The summed E-state index contributed by atoms with van der Waals surface area (Å²) in [6, 6.07) is 7.33. The molecular weight excluding hydrogens is 276 g/mol. The molecule has 1 aromatic heterocycles. The first kappa shape index (κ1) is 14.3. The van der Waals surface area contributed by atoms with Crippen LogP contribution >= 0.6 is 11.3 Å². The van der Waals surface area contributed by atoms with E-state index in [0.29, 0.717) is 18.8 Å². The van der Waals surface area contributed by atoms with Crippen molar-refractivity contribution in [3.8, 4) is 11.5 Å². The second-order valence-corrected chi connectivity index (χ2v) is 4.84. The summed E-state index contributed by atoms with van der Waals surface area (Å²) < 4.78 is 10.6. The van der Waals surface area contributed by atoms with Gasteiger partial charge in [0.15, 0.2) is 0 Å². The van der Waals surface area contributed by atoms with Gasteiger partial charge in [-0.2, -0.15) is 0 Å². The fraction of sp³-hybridized carbons (Fsp3) is 0.286. The largest absolute Gasteiger partial charge is 0.497 e. The van der Waals surface area contributed by atoms with Crippen LogP contribution in [0.4, 0.5) is 0 Å². The number of benzene rings is 1. The first-order valence-electron chi connectivity index (χ1n) is 6.11. The quantitative estimate of drug-likeness (QED) is 0.820. The summed E-state index contributed by atoms with van der Waals surface area (Å²) in [7, 11) is 3.36. The van der Waals surface area contributed by atoms with E-state index >= 15 is 0 Å². The van der Waals surface area contributed by atoms with Gasteiger partial charge in [0, 0.05) is 12.4 Å². The number of thiazole rings is 1. The molecule has 0 fully saturated rings. The molecule has 0 aliphatic rings. The summed E-state index contributed by atoms with van der Waals surface area (Å²) in [6.45, 7) is 0.932. The number of nitrogens with zero attached hydrogens (tertiary/aromatic N) is 2. The normalized spacial score (nSPS) is 10.1. The molecule has 0 aliphatic carbocycles. The molecule has 0 N–H and O–H groups in total. The van der Waals surface area contributed by atoms with E-state index in [0.717, 1.165) is 11.5 Å². The molecule has 1 aromatic carbocycles. The first-order valence-corrected chi connectivity index (χ1v) is 7.05. The molecule has 106 valence electrons. The number of aromatic nitrogens is 1. The highest BCUT2D eigenvalue weighted by molar-refractivity contribution is 7.07. The molecule has 0 saturated heterocycles. The molecule has 2 rings (SSSR count). The third-order valence-electron chi connectivity index (χ3n) is 2.75. The van der Waals surface area contributed by atoms with Crippen molar-refractivity contribution in [3.63, 3.8) is 0 Å². The zero-order chi connectivity index (χ0) is 14.4. The minimum atomic E-state index is -0.0930. The minimum absolute atomic E-state index is 0.0930. The Morgan fingerprint density at radius 2 is 2.00 bits per heavy atom.